The molecule has 0 aromatic carbocycles. The van der Waals surface area contributed by atoms with E-state index in [-0.39, 0.29) is 5.41 Å². The van der Waals surface area contributed by atoms with Gasteiger partial charge in [-0.3, -0.25) is 4.90 Å². The number of rotatable bonds is 6. The van der Waals surface area contributed by atoms with Crippen molar-refractivity contribution in [1.82, 2.24) is 10.2 Å². The van der Waals surface area contributed by atoms with Crippen LogP contribution in [0, 0.1) is 16.7 Å². The van der Waals surface area contributed by atoms with Crippen LogP contribution in [0.1, 0.15) is 40.0 Å². The van der Waals surface area contributed by atoms with E-state index in [1.54, 1.807) is 0 Å². The Morgan fingerprint density at radius 1 is 1.50 bits per heavy atom. The number of nitrogens with zero attached hydrogens (tertiary/aromatic N) is 2. The summed E-state index contributed by atoms with van der Waals surface area (Å²) in [5.41, 5.74) is -0.187. The number of likely N-dealkylation sites (N-methyl/N-ethyl adjacent to an activating group) is 1. The molecule has 1 fully saturated rings. The second kappa shape index (κ2) is 6.22. The molecule has 1 N–H and O–H groups in total. The minimum Gasteiger partial charge on any atom is -0.315 e. The fraction of sp³-hybridized carbons (Fsp3) is 0.923. The van der Waals surface area contributed by atoms with Gasteiger partial charge in [-0.2, -0.15) is 5.26 Å². The maximum absolute atomic E-state index is 8.90. The SMILES string of the molecule is CCN1CCCC1CNCCC(C)(C)C#N. The summed E-state index contributed by atoms with van der Waals surface area (Å²) in [7, 11) is 0. The Labute approximate surface area is 99.8 Å². The summed E-state index contributed by atoms with van der Waals surface area (Å²) in [6.07, 6.45) is 3.59. The monoisotopic (exact) mass is 223 g/mol. The van der Waals surface area contributed by atoms with E-state index in [0.29, 0.717) is 0 Å². The molecule has 1 unspecified atom stereocenters. The molecule has 3 heteroatoms. The third-order valence-corrected chi connectivity index (χ3v) is 3.51. The van der Waals surface area contributed by atoms with Gasteiger partial charge in [-0.25, -0.2) is 0 Å². The molecule has 0 aliphatic carbocycles. The fourth-order valence-corrected chi connectivity index (χ4v) is 2.27. The largest absolute Gasteiger partial charge is 0.315 e. The standard InChI is InChI=1S/C13H25N3/c1-4-16-9-5-6-12(16)10-15-8-7-13(2,3)11-14/h12,15H,4-10H2,1-3H3. The molecule has 0 aromatic rings. The third-order valence-electron chi connectivity index (χ3n) is 3.51. The lowest BCUT2D eigenvalue weighted by Crippen LogP contribution is -2.38. The Hall–Kier alpha value is -0.590. The highest BCUT2D eigenvalue weighted by atomic mass is 15.2. The first-order valence-corrected chi connectivity index (χ1v) is 6.45. The Balaban J connectivity index is 2.14. The van der Waals surface area contributed by atoms with E-state index < -0.39 is 0 Å². The molecule has 1 atom stereocenters. The summed E-state index contributed by atoms with van der Waals surface area (Å²) in [6.45, 7) is 10.7. The summed E-state index contributed by atoms with van der Waals surface area (Å²) >= 11 is 0. The quantitative estimate of drug-likeness (QED) is 0.700. The zero-order valence-corrected chi connectivity index (χ0v) is 10.9. The number of hydrogen-bond acceptors (Lipinski definition) is 3. The van der Waals surface area contributed by atoms with Crippen molar-refractivity contribution in [1.29, 1.82) is 5.26 Å². The van der Waals surface area contributed by atoms with Crippen molar-refractivity contribution in [2.45, 2.75) is 46.1 Å². The van der Waals surface area contributed by atoms with Gasteiger partial charge < -0.3 is 5.32 Å². The van der Waals surface area contributed by atoms with Crippen molar-refractivity contribution < 1.29 is 0 Å². The molecule has 1 heterocycles. The molecule has 1 aliphatic heterocycles. The first-order valence-electron chi connectivity index (χ1n) is 6.45. The number of nitrogens with one attached hydrogen (secondary N) is 1. The average molecular weight is 223 g/mol. The Bertz CT molecular complexity index is 242. The van der Waals surface area contributed by atoms with E-state index in [1.807, 2.05) is 13.8 Å². The van der Waals surface area contributed by atoms with E-state index >= 15 is 0 Å². The molecule has 92 valence electrons. The Morgan fingerprint density at radius 3 is 2.88 bits per heavy atom. The predicted octanol–water partition coefficient (Wildman–Crippen LogP) is 2.00. The molecule has 1 saturated heterocycles. The first kappa shape index (κ1) is 13.5. The molecule has 0 aromatic heterocycles. The van der Waals surface area contributed by atoms with Crippen LogP contribution in [0.2, 0.25) is 0 Å². The Morgan fingerprint density at radius 2 is 2.25 bits per heavy atom. The molecule has 0 saturated carbocycles. The topological polar surface area (TPSA) is 39.1 Å². The third kappa shape index (κ3) is 4.11. The molecule has 3 nitrogen and oxygen atoms in total. The zero-order chi connectivity index (χ0) is 12.0. The van der Waals surface area contributed by atoms with E-state index in [2.05, 4.69) is 23.2 Å². The van der Waals surface area contributed by atoms with Crippen LogP contribution in [-0.4, -0.2) is 37.1 Å². The van der Waals surface area contributed by atoms with Gasteiger partial charge in [0.05, 0.1) is 11.5 Å². The Kier molecular flexibility index (Phi) is 5.24. The highest BCUT2D eigenvalue weighted by Gasteiger charge is 2.22. The highest BCUT2D eigenvalue weighted by Crippen LogP contribution is 2.18. The van der Waals surface area contributed by atoms with Gasteiger partial charge in [-0.15, -0.1) is 0 Å². The number of nitriles is 1. The van der Waals surface area contributed by atoms with Gasteiger partial charge in [0.1, 0.15) is 0 Å². The molecular weight excluding hydrogens is 198 g/mol. The average Bonchev–Trinajstić information content (AvgIpc) is 2.72. The molecule has 0 bridgehead atoms. The van der Waals surface area contributed by atoms with Gasteiger partial charge >= 0.3 is 0 Å². The minimum atomic E-state index is -0.187. The van der Waals surface area contributed by atoms with Crippen LogP contribution in [0.15, 0.2) is 0 Å². The molecular formula is C13H25N3. The highest BCUT2D eigenvalue weighted by molar-refractivity contribution is 4.92. The van der Waals surface area contributed by atoms with Crippen molar-refractivity contribution in [3.05, 3.63) is 0 Å². The van der Waals surface area contributed by atoms with Gasteiger partial charge in [-0.05, 0) is 52.7 Å². The lowest BCUT2D eigenvalue weighted by molar-refractivity contribution is 0.258. The second-order valence-electron chi connectivity index (χ2n) is 5.37. The lowest BCUT2D eigenvalue weighted by Gasteiger charge is -2.23. The van der Waals surface area contributed by atoms with Gasteiger partial charge in [0.2, 0.25) is 0 Å². The van der Waals surface area contributed by atoms with Crippen molar-refractivity contribution in [2.75, 3.05) is 26.2 Å². The first-order chi connectivity index (χ1) is 7.59. The predicted molar refractivity (Wildman–Crippen MR) is 67.1 cm³/mol. The number of likely N-dealkylation sites (tertiary alicyclic amines) is 1. The van der Waals surface area contributed by atoms with Gasteiger partial charge in [0.15, 0.2) is 0 Å². The van der Waals surface area contributed by atoms with Gasteiger partial charge in [0, 0.05) is 12.6 Å². The van der Waals surface area contributed by atoms with Crippen LogP contribution in [0.25, 0.3) is 0 Å². The van der Waals surface area contributed by atoms with E-state index in [4.69, 9.17) is 5.26 Å². The van der Waals surface area contributed by atoms with Gasteiger partial charge in [0.25, 0.3) is 0 Å². The summed E-state index contributed by atoms with van der Waals surface area (Å²) in [5.74, 6) is 0. The van der Waals surface area contributed by atoms with Gasteiger partial charge in [-0.1, -0.05) is 6.92 Å². The second-order valence-corrected chi connectivity index (χ2v) is 5.37. The van der Waals surface area contributed by atoms with Crippen molar-refractivity contribution in [3.63, 3.8) is 0 Å². The maximum atomic E-state index is 8.90. The van der Waals surface area contributed by atoms with Crippen LogP contribution < -0.4 is 5.32 Å². The van der Waals surface area contributed by atoms with Crippen LogP contribution in [0.5, 0.6) is 0 Å². The fourth-order valence-electron chi connectivity index (χ4n) is 2.27. The summed E-state index contributed by atoms with van der Waals surface area (Å²) in [5, 5.41) is 12.4. The van der Waals surface area contributed by atoms with Crippen molar-refractivity contribution in [2.24, 2.45) is 5.41 Å². The van der Waals surface area contributed by atoms with Crippen LogP contribution in [0.4, 0.5) is 0 Å². The van der Waals surface area contributed by atoms with E-state index in [0.717, 1.165) is 32.1 Å². The van der Waals surface area contributed by atoms with Crippen molar-refractivity contribution >= 4 is 0 Å². The molecule has 1 rings (SSSR count). The van der Waals surface area contributed by atoms with Crippen molar-refractivity contribution in [3.8, 4) is 6.07 Å². The smallest absolute Gasteiger partial charge is 0.0684 e. The van der Waals surface area contributed by atoms with E-state index in [9.17, 15) is 0 Å². The lowest BCUT2D eigenvalue weighted by atomic mass is 9.91. The van der Waals surface area contributed by atoms with Crippen LogP contribution in [-0.2, 0) is 0 Å². The summed E-state index contributed by atoms with van der Waals surface area (Å²) < 4.78 is 0. The van der Waals surface area contributed by atoms with Crippen LogP contribution >= 0.6 is 0 Å². The van der Waals surface area contributed by atoms with Crippen LogP contribution in [0.3, 0.4) is 0 Å². The maximum Gasteiger partial charge on any atom is 0.0684 e. The molecule has 16 heavy (non-hydrogen) atoms. The molecule has 0 amide bonds. The molecule has 1 aliphatic rings. The zero-order valence-electron chi connectivity index (χ0n) is 10.9. The summed E-state index contributed by atoms with van der Waals surface area (Å²) in [6, 6.07) is 3.06. The van der Waals surface area contributed by atoms with E-state index in [1.165, 1.54) is 19.4 Å². The normalized spacial score (nSPS) is 22.2. The summed E-state index contributed by atoms with van der Waals surface area (Å²) in [4.78, 5) is 2.54. The molecule has 0 spiro atoms. The number of hydrogen-bond donors (Lipinski definition) is 1. The molecule has 0 radical (unpaired) electrons. The minimum absolute atomic E-state index is 0.187.